The third-order valence-corrected chi connectivity index (χ3v) is 2.83. The van der Waals surface area contributed by atoms with Crippen molar-refractivity contribution in [2.45, 2.75) is 32.0 Å². The third kappa shape index (κ3) is 2.88. The molecule has 0 N–H and O–H groups in total. The van der Waals surface area contributed by atoms with E-state index in [1.165, 1.54) is 0 Å². The lowest BCUT2D eigenvalue weighted by molar-refractivity contribution is -0.145. The van der Waals surface area contributed by atoms with E-state index in [2.05, 4.69) is 0 Å². The maximum absolute atomic E-state index is 11.6. The number of hydrogen-bond donors (Lipinski definition) is 0. The second-order valence-corrected chi connectivity index (χ2v) is 4.23. The van der Waals surface area contributed by atoms with Crippen LogP contribution < -0.4 is 0 Å². The summed E-state index contributed by atoms with van der Waals surface area (Å²) in [5, 5.41) is 8.69. The number of esters is 1. The second-order valence-electron chi connectivity index (χ2n) is 4.23. The predicted molar refractivity (Wildman–Crippen MR) is 64.6 cm³/mol. The first-order chi connectivity index (χ1) is 8.76. The lowest BCUT2D eigenvalue weighted by atomic mass is 10.1. The van der Waals surface area contributed by atoms with Crippen molar-refractivity contribution in [2.75, 3.05) is 6.61 Å². The van der Waals surface area contributed by atoms with Crippen molar-refractivity contribution in [2.24, 2.45) is 0 Å². The summed E-state index contributed by atoms with van der Waals surface area (Å²) in [5.74, 6) is -0.294. The number of nitrogens with zero attached hydrogens (tertiary/aromatic N) is 1. The van der Waals surface area contributed by atoms with Crippen LogP contribution in [0.25, 0.3) is 0 Å². The molecule has 0 aliphatic carbocycles. The molecule has 0 amide bonds. The highest BCUT2D eigenvalue weighted by molar-refractivity contribution is 5.78. The molecule has 4 heteroatoms. The van der Waals surface area contributed by atoms with Crippen molar-refractivity contribution >= 4 is 5.97 Å². The molecular weight excluding hydrogens is 230 g/mol. The molecule has 0 unspecified atom stereocenters. The van der Waals surface area contributed by atoms with Gasteiger partial charge in [-0.25, -0.2) is 4.79 Å². The van der Waals surface area contributed by atoms with Crippen molar-refractivity contribution in [3.8, 4) is 6.07 Å². The highest BCUT2D eigenvalue weighted by Crippen LogP contribution is 2.39. The molecule has 1 aliphatic heterocycles. The zero-order chi connectivity index (χ0) is 13.0. The first kappa shape index (κ1) is 12.6. The maximum Gasteiger partial charge on any atom is 0.338 e. The van der Waals surface area contributed by atoms with E-state index in [0.29, 0.717) is 12.2 Å². The Kier molecular flexibility index (Phi) is 3.96. The van der Waals surface area contributed by atoms with Gasteiger partial charge in [0.05, 0.1) is 18.2 Å². The van der Waals surface area contributed by atoms with Gasteiger partial charge in [-0.15, -0.1) is 0 Å². The molecule has 4 nitrogen and oxygen atoms in total. The summed E-state index contributed by atoms with van der Waals surface area (Å²) in [6, 6.07) is 9.10. The zero-order valence-corrected chi connectivity index (χ0v) is 10.3. The van der Waals surface area contributed by atoms with Gasteiger partial charge in [-0.3, -0.25) is 0 Å². The van der Waals surface area contributed by atoms with Gasteiger partial charge in [-0.2, -0.15) is 5.26 Å². The van der Waals surface area contributed by atoms with Gasteiger partial charge >= 0.3 is 5.97 Å². The Morgan fingerprint density at radius 2 is 2.17 bits per heavy atom. The number of carbonyl (C=O) groups is 1. The molecular formula is C14H15NO3. The molecule has 18 heavy (non-hydrogen) atoms. The van der Waals surface area contributed by atoms with Crippen molar-refractivity contribution in [3.05, 3.63) is 35.4 Å². The second kappa shape index (κ2) is 5.65. The first-order valence-corrected chi connectivity index (χ1v) is 6.08. The highest BCUT2D eigenvalue weighted by Gasteiger charge is 2.47. The Balaban J connectivity index is 1.86. The summed E-state index contributed by atoms with van der Waals surface area (Å²) in [6.45, 7) is 2.50. The van der Waals surface area contributed by atoms with E-state index in [1.54, 1.807) is 12.1 Å². The SMILES string of the molecule is CCCCOC(=O)[C@H]1O[C@@H]1c1ccc(C#N)cc1. The van der Waals surface area contributed by atoms with Crippen LogP contribution in [-0.2, 0) is 14.3 Å². The largest absolute Gasteiger partial charge is 0.464 e. The number of epoxide rings is 1. The minimum atomic E-state index is -0.477. The van der Waals surface area contributed by atoms with Gasteiger partial charge in [0.15, 0.2) is 6.10 Å². The molecule has 0 spiro atoms. The maximum atomic E-state index is 11.6. The quantitative estimate of drug-likeness (QED) is 0.454. The lowest BCUT2D eigenvalue weighted by Gasteiger charge is -2.00. The third-order valence-electron chi connectivity index (χ3n) is 2.83. The standard InChI is InChI=1S/C14H15NO3/c1-2-3-8-17-14(16)13-12(18-13)11-6-4-10(9-15)5-7-11/h4-7,12-13H,2-3,8H2,1H3/t12-,13+/m1/s1. The van der Waals surface area contributed by atoms with Crippen LogP contribution in [0.2, 0.25) is 0 Å². The van der Waals surface area contributed by atoms with Gasteiger partial charge in [0.25, 0.3) is 0 Å². The molecule has 0 aromatic heterocycles. The van der Waals surface area contributed by atoms with E-state index in [1.807, 2.05) is 25.1 Å². The summed E-state index contributed by atoms with van der Waals surface area (Å²) in [5.41, 5.74) is 1.51. The molecule has 1 saturated heterocycles. The number of rotatable bonds is 5. The number of unbranched alkanes of at least 4 members (excludes halogenated alkanes) is 1. The minimum Gasteiger partial charge on any atom is -0.464 e. The summed E-state index contributed by atoms with van der Waals surface area (Å²) in [4.78, 5) is 11.6. The molecule has 1 aromatic carbocycles. The predicted octanol–water partition coefficient (Wildman–Crippen LogP) is 2.34. The van der Waals surface area contributed by atoms with Crippen LogP contribution in [0.15, 0.2) is 24.3 Å². The molecule has 2 rings (SSSR count). The minimum absolute atomic E-state index is 0.216. The summed E-state index contributed by atoms with van der Waals surface area (Å²) in [7, 11) is 0. The van der Waals surface area contributed by atoms with Crippen LogP contribution in [0.1, 0.15) is 37.0 Å². The van der Waals surface area contributed by atoms with E-state index in [-0.39, 0.29) is 12.1 Å². The molecule has 0 bridgehead atoms. The zero-order valence-electron chi connectivity index (χ0n) is 10.3. The average molecular weight is 245 g/mol. The molecule has 94 valence electrons. The van der Waals surface area contributed by atoms with Crippen LogP contribution in [-0.4, -0.2) is 18.7 Å². The van der Waals surface area contributed by atoms with E-state index in [0.717, 1.165) is 18.4 Å². The number of nitriles is 1. The Labute approximate surface area is 106 Å². The Bertz CT molecular complexity index is 461. The van der Waals surface area contributed by atoms with Crippen molar-refractivity contribution in [1.82, 2.24) is 0 Å². The van der Waals surface area contributed by atoms with Crippen LogP contribution >= 0.6 is 0 Å². The Morgan fingerprint density at radius 1 is 1.44 bits per heavy atom. The van der Waals surface area contributed by atoms with Gasteiger partial charge in [0, 0.05) is 0 Å². The van der Waals surface area contributed by atoms with Crippen LogP contribution in [0.4, 0.5) is 0 Å². The Hall–Kier alpha value is -1.86. The van der Waals surface area contributed by atoms with Crippen molar-refractivity contribution < 1.29 is 14.3 Å². The van der Waals surface area contributed by atoms with Gasteiger partial charge in [-0.1, -0.05) is 25.5 Å². The lowest BCUT2D eigenvalue weighted by Crippen LogP contribution is -2.13. The number of ether oxygens (including phenoxy) is 2. The molecule has 1 heterocycles. The van der Waals surface area contributed by atoms with Crippen LogP contribution in [0.5, 0.6) is 0 Å². The van der Waals surface area contributed by atoms with E-state index in [4.69, 9.17) is 14.7 Å². The topological polar surface area (TPSA) is 62.6 Å². The fraction of sp³-hybridized carbons (Fsp3) is 0.429. The fourth-order valence-corrected chi connectivity index (χ4v) is 1.69. The van der Waals surface area contributed by atoms with Gasteiger partial charge in [0.2, 0.25) is 0 Å². The van der Waals surface area contributed by atoms with Crippen LogP contribution in [0, 0.1) is 11.3 Å². The number of benzene rings is 1. The van der Waals surface area contributed by atoms with Gasteiger partial charge < -0.3 is 9.47 Å². The molecule has 1 aliphatic rings. The summed E-state index contributed by atoms with van der Waals surface area (Å²) >= 11 is 0. The van der Waals surface area contributed by atoms with Crippen LogP contribution in [0.3, 0.4) is 0 Å². The molecule has 1 fully saturated rings. The number of carbonyl (C=O) groups excluding carboxylic acids is 1. The summed E-state index contributed by atoms with van der Waals surface area (Å²) < 4.78 is 10.4. The van der Waals surface area contributed by atoms with Gasteiger partial charge in [-0.05, 0) is 24.1 Å². The fourth-order valence-electron chi connectivity index (χ4n) is 1.69. The molecule has 0 saturated carbocycles. The van der Waals surface area contributed by atoms with Crippen molar-refractivity contribution in [1.29, 1.82) is 5.26 Å². The smallest absolute Gasteiger partial charge is 0.338 e. The van der Waals surface area contributed by atoms with E-state index >= 15 is 0 Å². The molecule has 1 aromatic rings. The molecule has 2 atom stereocenters. The normalized spacial score (nSPS) is 21.1. The molecule has 0 radical (unpaired) electrons. The van der Waals surface area contributed by atoms with E-state index in [9.17, 15) is 4.79 Å². The summed E-state index contributed by atoms with van der Waals surface area (Å²) in [6.07, 6.45) is 1.18. The first-order valence-electron chi connectivity index (χ1n) is 6.08. The van der Waals surface area contributed by atoms with Gasteiger partial charge in [0.1, 0.15) is 6.10 Å². The highest BCUT2D eigenvalue weighted by atomic mass is 16.6. The van der Waals surface area contributed by atoms with E-state index < -0.39 is 6.10 Å². The monoisotopic (exact) mass is 245 g/mol. The Morgan fingerprint density at radius 3 is 2.78 bits per heavy atom. The number of hydrogen-bond acceptors (Lipinski definition) is 4. The van der Waals surface area contributed by atoms with Crippen molar-refractivity contribution in [3.63, 3.8) is 0 Å². The average Bonchev–Trinajstić information content (AvgIpc) is 3.19.